The average Bonchev–Trinajstić information content (AvgIpc) is 3.00. The van der Waals surface area contributed by atoms with Crippen molar-refractivity contribution in [3.05, 3.63) is 35.9 Å². The van der Waals surface area contributed by atoms with Crippen molar-refractivity contribution in [1.29, 1.82) is 0 Å². The Labute approximate surface area is 167 Å². The zero-order valence-electron chi connectivity index (χ0n) is 17.5. The molecule has 2 bridgehead atoms. The summed E-state index contributed by atoms with van der Waals surface area (Å²) in [5.74, 6) is -0.0569. The van der Waals surface area contributed by atoms with E-state index in [2.05, 4.69) is 36.8 Å². The molecule has 0 heterocycles. The van der Waals surface area contributed by atoms with E-state index in [-0.39, 0.29) is 29.3 Å². The fraction of sp³-hybridized carbons (Fsp3) is 0.591. The van der Waals surface area contributed by atoms with Crippen LogP contribution < -0.4 is 10.9 Å². The minimum atomic E-state index is -0.763. The Morgan fingerprint density at radius 2 is 1.89 bits per heavy atom. The van der Waals surface area contributed by atoms with Crippen molar-refractivity contribution >= 4 is 17.5 Å². The first-order valence-electron chi connectivity index (χ1n) is 9.92. The molecule has 0 radical (unpaired) electrons. The highest BCUT2D eigenvalue weighted by molar-refractivity contribution is 5.95. The van der Waals surface area contributed by atoms with Crippen LogP contribution in [0.3, 0.4) is 0 Å². The van der Waals surface area contributed by atoms with E-state index >= 15 is 0 Å². The molecule has 2 atom stereocenters. The molecule has 2 unspecified atom stereocenters. The van der Waals surface area contributed by atoms with Gasteiger partial charge in [-0.3, -0.25) is 14.4 Å². The molecule has 2 amide bonds. The minimum absolute atomic E-state index is 0.0414. The van der Waals surface area contributed by atoms with Crippen LogP contribution >= 0.6 is 0 Å². The van der Waals surface area contributed by atoms with Gasteiger partial charge < -0.3 is 0 Å². The smallest absolute Gasteiger partial charge is 0.268 e. The van der Waals surface area contributed by atoms with Crippen molar-refractivity contribution in [2.75, 3.05) is 6.61 Å². The van der Waals surface area contributed by atoms with Crippen molar-refractivity contribution in [2.24, 2.45) is 21.8 Å². The SMILES string of the molecule is CC(C)(C(=O)NOCC(=O)N/N=C1\CC2CCC1(C)C2(C)C)c1ccccc1. The lowest BCUT2D eigenvalue weighted by atomic mass is 9.70. The number of hydroxylamine groups is 1. The Bertz CT molecular complexity index is 785. The van der Waals surface area contributed by atoms with E-state index in [1.165, 1.54) is 6.42 Å². The van der Waals surface area contributed by atoms with Gasteiger partial charge in [0.15, 0.2) is 6.61 Å². The van der Waals surface area contributed by atoms with E-state index in [0.717, 1.165) is 24.1 Å². The first kappa shape index (κ1) is 20.5. The number of fused-ring (bicyclic) bond motifs is 2. The molecule has 2 aliphatic carbocycles. The third-order valence-corrected chi connectivity index (χ3v) is 7.26. The maximum atomic E-state index is 12.4. The Morgan fingerprint density at radius 3 is 2.46 bits per heavy atom. The maximum absolute atomic E-state index is 12.4. The predicted octanol–water partition coefficient (Wildman–Crippen LogP) is 3.33. The van der Waals surface area contributed by atoms with Crippen molar-refractivity contribution < 1.29 is 14.4 Å². The van der Waals surface area contributed by atoms with E-state index in [1.54, 1.807) is 0 Å². The summed E-state index contributed by atoms with van der Waals surface area (Å²) in [7, 11) is 0. The number of nitrogens with zero attached hydrogens (tertiary/aromatic N) is 1. The molecule has 0 aromatic heterocycles. The number of carbonyl (C=O) groups is 2. The number of nitrogens with one attached hydrogen (secondary N) is 2. The van der Waals surface area contributed by atoms with Crippen molar-refractivity contribution in [3.8, 4) is 0 Å². The summed E-state index contributed by atoms with van der Waals surface area (Å²) in [6.45, 7) is 10.2. The summed E-state index contributed by atoms with van der Waals surface area (Å²) in [4.78, 5) is 29.6. The summed E-state index contributed by atoms with van der Waals surface area (Å²) in [6.07, 6.45) is 3.27. The van der Waals surface area contributed by atoms with Gasteiger partial charge in [0.25, 0.3) is 11.8 Å². The normalized spacial score (nSPS) is 27.0. The molecule has 28 heavy (non-hydrogen) atoms. The second-order valence-electron chi connectivity index (χ2n) is 9.30. The number of rotatable bonds is 6. The van der Waals surface area contributed by atoms with Crippen LogP contribution in [0.4, 0.5) is 0 Å². The van der Waals surface area contributed by atoms with E-state index in [4.69, 9.17) is 4.84 Å². The van der Waals surface area contributed by atoms with Crippen molar-refractivity contribution in [1.82, 2.24) is 10.9 Å². The summed E-state index contributed by atoms with van der Waals surface area (Å²) >= 11 is 0. The second-order valence-corrected chi connectivity index (χ2v) is 9.30. The van der Waals surface area contributed by atoms with E-state index in [9.17, 15) is 9.59 Å². The molecule has 152 valence electrons. The van der Waals surface area contributed by atoms with Gasteiger partial charge >= 0.3 is 0 Å². The molecule has 0 aliphatic heterocycles. The van der Waals surface area contributed by atoms with Crippen LogP contribution in [0.1, 0.15) is 59.4 Å². The maximum Gasteiger partial charge on any atom is 0.268 e. The molecule has 2 fully saturated rings. The molecule has 6 nitrogen and oxygen atoms in total. The Hall–Kier alpha value is -2.21. The molecule has 6 heteroatoms. The lowest BCUT2D eigenvalue weighted by molar-refractivity contribution is -0.142. The summed E-state index contributed by atoms with van der Waals surface area (Å²) in [5.41, 5.74) is 6.40. The number of amides is 2. The highest BCUT2D eigenvalue weighted by atomic mass is 16.7. The quantitative estimate of drug-likeness (QED) is 0.737. The van der Waals surface area contributed by atoms with E-state index in [0.29, 0.717) is 5.92 Å². The van der Waals surface area contributed by atoms with Crippen molar-refractivity contribution in [2.45, 2.75) is 59.3 Å². The number of hydrogen-bond acceptors (Lipinski definition) is 4. The summed E-state index contributed by atoms with van der Waals surface area (Å²) in [5, 5.41) is 4.39. The van der Waals surface area contributed by atoms with Crippen LogP contribution in [0.2, 0.25) is 0 Å². The van der Waals surface area contributed by atoms with Gasteiger partial charge in [0.1, 0.15) is 0 Å². The zero-order valence-corrected chi connectivity index (χ0v) is 17.5. The lowest BCUT2D eigenvalue weighted by Gasteiger charge is -2.34. The molecule has 1 aromatic carbocycles. The van der Waals surface area contributed by atoms with Crippen LogP contribution in [0.25, 0.3) is 0 Å². The van der Waals surface area contributed by atoms with Gasteiger partial charge in [-0.1, -0.05) is 51.1 Å². The van der Waals surface area contributed by atoms with Crippen LogP contribution in [0.15, 0.2) is 35.4 Å². The topological polar surface area (TPSA) is 79.8 Å². The Kier molecular flexibility index (Phi) is 5.36. The summed E-state index contributed by atoms with van der Waals surface area (Å²) < 4.78 is 0. The third kappa shape index (κ3) is 3.46. The van der Waals surface area contributed by atoms with Gasteiger partial charge in [0.2, 0.25) is 0 Å². The Morgan fingerprint density at radius 1 is 1.21 bits per heavy atom. The average molecular weight is 386 g/mol. The second kappa shape index (κ2) is 7.32. The molecular weight excluding hydrogens is 354 g/mol. The van der Waals surface area contributed by atoms with Crippen LogP contribution in [0.5, 0.6) is 0 Å². The molecule has 2 N–H and O–H groups in total. The molecule has 1 aromatic rings. The number of carbonyl (C=O) groups excluding carboxylic acids is 2. The van der Waals surface area contributed by atoms with Crippen molar-refractivity contribution in [3.63, 3.8) is 0 Å². The largest absolute Gasteiger partial charge is 0.272 e. The molecule has 3 rings (SSSR count). The summed E-state index contributed by atoms with van der Waals surface area (Å²) in [6, 6.07) is 9.45. The standard InChI is InChI=1S/C22H31N3O3/c1-20(2,15-9-7-6-8-10-15)19(27)25-28-14-18(26)24-23-17-13-16-11-12-22(17,5)21(16,3)4/h6-10,16H,11-14H2,1-5H3,(H,24,26)(H,25,27)/b23-17+. The zero-order chi connectivity index (χ0) is 20.6. The first-order valence-corrected chi connectivity index (χ1v) is 9.92. The Balaban J connectivity index is 1.49. The lowest BCUT2D eigenvalue weighted by Crippen LogP contribution is -2.41. The minimum Gasteiger partial charge on any atom is -0.272 e. The molecular formula is C22H31N3O3. The third-order valence-electron chi connectivity index (χ3n) is 7.26. The van der Waals surface area contributed by atoms with Gasteiger partial charge in [-0.05, 0) is 50.0 Å². The van der Waals surface area contributed by atoms with Gasteiger partial charge in [-0.25, -0.2) is 10.9 Å². The van der Waals surface area contributed by atoms with Crippen LogP contribution in [-0.2, 0) is 19.8 Å². The first-order chi connectivity index (χ1) is 13.1. The number of hydrazone groups is 1. The number of hydrogen-bond donors (Lipinski definition) is 2. The fourth-order valence-electron chi connectivity index (χ4n) is 4.54. The number of benzene rings is 1. The van der Waals surface area contributed by atoms with Crippen LogP contribution in [-0.4, -0.2) is 24.1 Å². The highest BCUT2D eigenvalue weighted by Gasteiger charge is 2.60. The van der Waals surface area contributed by atoms with Gasteiger partial charge in [-0.2, -0.15) is 5.10 Å². The van der Waals surface area contributed by atoms with Gasteiger partial charge in [0, 0.05) is 11.1 Å². The monoisotopic (exact) mass is 385 g/mol. The predicted molar refractivity (Wildman–Crippen MR) is 108 cm³/mol. The molecule has 2 saturated carbocycles. The van der Waals surface area contributed by atoms with Gasteiger partial charge in [0.05, 0.1) is 5.41 Å². The molecule has 0 saturated heterocycles. The van der Waals surface area contributed by atoms with E-state index < -0.39 is 5.41 Å². The fourth-order valence-corrected chi connectivity index (χ4v) is 4.54. The molecule has 2 aliphatic rings. The van der Waals surface area contributed by atoms with E-state index in [1.807, 2.05) is 44.2 Å². The van der Waals surface area contributed by atoms with Crippen LogP contribution in [0, 0.1) is 16.7 Å². The van der Waals surface area contributed by atoms with Gasteiger partial charge in [-0.15, -0.1) is 0 Å². The highest BCUT2D eigenvalue weighted by Crippen LogP contribution is 2.63. The molecule has 0 spiro atoms.